The van der Waals surface area contributed by atoms with E-state index in [9.17, 15) is 0 Å². The summed E-state index contributed by atoms with van der Waals surface area (Å²) < 4.78 is 5.56. The summed E-state index contributed by atoms with van der Waals surface area (Å²) >= 11 is 0. The van der Waals surface area contributed by atoms with E-state index in [1.807, 2.05) is 0 Å². The SMILES string of the molecule is CN1CCN(C2CCC(Nc3ncnc4[nH]cc(C5CCOCC5)c34)CC2)CC1. The molecule has 7 heteroatoms. The third kappa shape index (κ3) is 4.13. The number of likely N-dealkylation sites (N-methyl/N-ethyl adjacent to an activating group) is 1. The van der Waals surface area contributed by atoms with Crippen LogP contribution in [-0.4, -0.2) is 83.3 Å². The standard InChI is InChI=1S/C22H34N6O/c1-27-8-10-28(11-9-27)18-4-2-17(3-5-18)26-22-20-19(16-6-12-29-13-7-16)14-23-21(20)24-15-25-22/h14-18H,2-13H2,1H3,(H2,23,24,25,26). The van der Waals surface area contributed by atoms with Crippen LogP contribution in [0.5, 0.6) is 0 Å². The molecule has 7 nitrogen and oxygen atoms in total. The van der Waals surface area contributed by atoms with E-state index in [1.165, 1.54) is 62.8 Å². The Morgan fingerprint density at radius 1 is 1.00 bits per heavy atom. The first-order valence-corrected chi connectivity index (χ1v) is 11.4. The molecule has 3 fully saturated rings. The normalized spacial score (nSPS) is 28.0. The van der Waals surface area contributed by atoms with Gasteiger partial charge >= 0.3 is 0 Å². The van der Waals surface area contributed by atoms with E-state index in [2.05, 4.69) is 43.3 Å². The Hall–Kier alpha value is -1.70. The van der Waals surface area contributed by atoms with Crippen LogP contribution in [0.15, 0.2) is 12.5 Å². The summed E-state index contributed by atoms with van der Waals surface area (Å²) in [4.78, 5) is 17.7. The molecule has 1 saturated carbocycles. The van der Waals surface area contributed by atoms with Crippen molar-refractivity contribution in [2.24, 2.45) is 0 Å². The van der Waals surface area contributed by atoms with Gasteiger partial charge in [0.15, 0.2) is 0 Å². The number of nitrogens with one attached hydrogen (secondary N) is 2. The maximum atomic E-state index is 5.56. The van der Waals surface area contributed by atoms with Crippen LogP contribution in [0.3, 0.4) is 0 Å². The van der Waals surface area contributed by atoms with Crippen molar-refractivity contribution < 1.29 is 4.74 Å². The quantitative estimate of drug-likeness (QED) is 0.825. The van der Waals surface area contributed by atoms with Crippen molar-refractivity contribution in [2.45, 2.75) is 56.5 Å². The van der Waals surface area contributed by atoms with Gasteiger partial charge in [-0.3, -0.25) is 4.90 Å². The molecule has 0 bridgehead atoms. The Kier molecular flexibility index (Phi) is 5.70. The van der Waals surface area contributed by atoms with Gasteiger partial charge in [0.05, 0.1) is 5.39 Å². The van der Waals surface area contributed by atoms with Crippen LogP contribution in [0.4, 0.5) is 5.82 Å². The molecule has 2 aromatic rings. The third-order valence-corrected chi connectivity index (χ3v) is 7.25. The van der Waals surface area contributed by atoms with Crippen molar-refractivity contribution in [1.82, 2.24) is 24.8 Å². The molecular weight excluding hydrogens is 364 g/mol. The van der Waals surface area contributed by atoms with Gasteiger partial charge in [0.1, 0.15) is 17.8 Å². The number of nitrogens with zero attached hydrogens (tertiary/aromatic N) is 4. The Morgan fingerprint density at radius 3 is 2.52 bits per heavy atom. The molecule has 2 N–H and O–H groups in total. The van der Waals surface area contributed by atoms with Gasteiger partial charge in [-0.1, -0.05) is 0 Å². The molecule has 0 spiro atoms. The largest absolute Gasteiger partial charge is 0.381 e. The fraction of sp³-hybridized carbons (Fsp3) is 0.727. The molecular formula is C22H34N6O. The summed E-state index contributed by atoms with van der Waals surface area (Å²) in [6.45, 7) is 6.57. The summed E-state index contributed by atoms with van der Waals surface area (Å²) in [7, 11) is 2.23. The zero-order valence-electron chi connectivity index (χ0n) is 17.6. The zero-order valence-corrected chi connectivity index (χ0v) is 17.6. The molecule has 4 heterocycles. The monoisotopic (exact) mass is 398 g/mol. The first-order valence-electron chi connectivity index (χ1n) is 11.4. The smallest absolute Gasteiger partial charge is 0.143 e. The lowest BCUT2D eigenvalue weighted by Gasteiger charge is -2.41. The number of aromatic nitrogens is 3. The van der Waals surface area contributed by atoms with Crippen molar-refractivity contribution >= 4 is 16.9 Å². The van der Waals surface area contributed by atoms with Gasteiger partial charge in [-0.2, -0.15) is 0 Å². The van der Waals surface area contributed by atoms with Crippen molar-refractivity contribution in [2.75, 3.05) is 51.8 Å². The number of H-pyrrole nitrogens is 1. The van der Waals surface area contributed by atoms with Crippen LogP contribution in [-0.2, 0) is 4.74 Å². The summed E-state index contributed by atoms with van der Waals surface area (Å²) in [5, 5.41) is 4.99. The average Bonchev–Trinajstić information content (AvgIpc) is 3.21. The molecule has 29 heavy (non-hydrogen) atoms. The van der Waals surface area contributed by atoms with Crippen LogP contribution in [0.1, 0.15) is 50.0 Å². The third-order valence-electron chi connectivity index (χ3n) is 7.25. The topological polar surface area (TPSA) is 69.3 Å². The molecule has 0 radical (unpaired) electrons. The number of rotatable bonds is 4. The highest BCUT2D eigenvalue weighted by atomic mass is 16.5. The highest BCUT2D eigenvalue weighted by Crippen LogP contribution is 2.35. The number of ether oxygens (including phenoxy) is 1. The number of anilines is 1. The molecule has 0 aromatic carbocycles. The van der Waals surface area contributed by atoms with E-state index >= 15 is 0 Å². The van der Waals surface area contributed by atoms with E-state index < -0.39 is 0 Å². The first-order chi connectivity index (χ1) is 14.3. The van der Waals surface area contributed by atoms with Crippen LogP contribution in [0.25, 0.3) is 11.0 Å². The van der Waals surface area contributed by atoms with E-state index in [0.717, 1.165) is 43.6 Å². The number of aromatic amines is 1. The van der Waals surface area contributed by atoms with Crippen molar-refractivity contribution in [1.29, 1.82) is 0 Å². The summed E-state index contributed by atoms with van der Waals surface area (Å²) in [6, 6.07) is 1.27. The van der Waals surface area contributed by atoms with Gasteiger partial charge in [0.2, 0.25) is 0 Å². The van der Waals surface area contributed by atoms with Crippen molar-refractivity contribution in [3.05, 3.63) is 18.1 Å². The first kappa shape index (κ1) is 19.3. The van der Waals surface area contributed by atoms with Gasteiger partial charge < -0.3 is 19.9 Å². The number of hydrogen-bond donors (Lipinski definition) is 2. The van der Waals surface area contributed by atoms with Crippen LogP contribution in [0, 0.1) is 0 Å². The van der Waals surface area contributed by atoms with Crippen LogP contribution in [0.2, 0.25) is 0 Å². The fourth-order valence-corrected chi connectivity index (χ4v) is 5.39. The lowest BCUT2D eigenvalue weighted by Crippen LogP contribution is -2.50. The van der Waals surface area contributed by atoms with E-state index in [0.29, 0.717) is 12.0 Å². The summed E-state index contributed by atoms with van der Waals surface area (Å²) in [6.07, 6.45) is 11.0. The zero-order chi connectivity index (χ0) is 19.6. The van der Waals surface area contributed by atoms with E-state index in [-0.39, 0.29) is 0 Å². The van der Waals surface area contributed by atoms with Crippen LogP contribution >= 0.6 is 0 Å². The van der Waals surface area contributed by atoms with Gasteiger partial charge in [-0.25, -0.2) is 9.97 Å². The average molecular weight is 399 g/mol. The Balaban J connectivity index is 1.26. The summed E-state index contributed by atoms with van der Waals surface area (Å²) in [5.41, 5.74) is 2.31. The molecule has 2 aromatic heterocycles. The molecule has 3 aliphatic rings. The predicted molar refractivity (Wildman–Crippen MR) is 115 cm³/mol. The lowest BCUT2D eigenvalue weighted by molar-refractivity contribution is 0.0856. The predicted octanol–water partition coefficient (Wildman–Crippen LogP) is 2.82. The molecule has 1 aliphatic carbocycles. The Morgan fingerprint density at radius 2 is 1.76 bits per heavy atom. The maximum Gasteiger partial charge on any atom is 0.143 e. The minimum Gasteiger partial charge on any atom is -0.381 e. The summed E-state index contributed by atoms with van der Waals surface area (Å²) in [5.74, 6) is 1.55. The Bertz CT molecular complexity index is 801. The molecule has 158 valence electrons. The van der Waals surface area contributed by atoms with Crippen LogP contribution < -0.4 is 5.32 Å². The fourth-order valence-electron chi connectivity index (χ4n) is 5.39. The lowest BCUT2D eigenvalue weighted by atomic mass is 9.89. The number of piperazine rings is 1. The van der Waals surface area contributed by atoms with Gasteiger partial charge in [0, 0.05) is 57.7 Å². The van der Waals surface area contributed by atoms with E-state index in [1.54, 1.807) is 6.33 Å². The Labute approximate surface area is 173 Å². The highest BCUT2D eigenvalue weighted by Gasteiger charge is 2.29. The minimum absolute atomic E-state index is 0.509. The molecule has 5 rings (SSSR count). The maximum absolute atomic E-state index is 5.56. The second kappa shape index (κ2) is 8.58. The van der Waals surface area contributed by atoms with Gasteiger partial charge in [-0.05, 0) is 57.1 Å². The molecule has 2 saturated heterocycles. The molecule has 0 amide bonds. The number of hydrogen-bond acceptors (Lipinski definition) is 6. The minimum atomic E-state index is 0.509. The van der Waals surface area contributed by atoms with Crippen molar-refractivity contribution in [3.8, 4) is 0 Å². The van der Waals surface area contributed by atoms with Gasteiger partial charge in [0.25, 0.3) is 0 Å². The number of fused-ring (bicyclic) bond motifs is 1. The second-order valence-electron chi connectivity index (χ2n) is 9.07. The van der Waals surface area contributed by atoms with E-state index in [4.69, 9.17) is 4.74 Å². The molecule has 2 aliphatic heterocycles. The van der Waals surface area contributed by atoms with Gasteiger partial charge in [-0.15, -0.1) is 0 Å². The second-order valence-corrected chi connectivity index (χ2v) is 9.07. The highest BCUT2D eigenvalue weighted by molar-refractivity contribution is 5.90. The van der Waals surface area contributed by atoms with Crippen molar-refractivity contribution in [3.63, 3.8) is 0 Å². The molecule has 0 unspecified atom stereocenters. The molecule has 0 atom stereocenters.